The summed E-state index contributed by atoms with van der Waals surface area (Å²) in [6, 6.07) is 16.9. The lowest BCUT2D eigenvalue weighted by Crippen LogP contribution is -2.44. The summed E-state index contributed by atoms with van der Waals surface area (Å²) in [5.41, 5.74) is 9.14. The molecular weight excluding hydrogens is 1180 g/mol. The van der Waals surface area contributed by atoms with E-state index >= 15 is 8.78 Å². The average Bonchev–Trinajstić information content (AvgIpc) is 2.16. The van der Waals surface area contributed by atoms with Gasteiger partial charge in [0.2, 0.25) is 0 Å². The highest BCUT2D eigenvalue weighted by Gasteiger charge is 2.26. The molecule has 0 spiro atoms. The molecule has 8 aromatic heterocycles. The van der Waals surface area contributed by atoms with E-state index in [1.165, 1.54) is 63.6 Å². The molecule has 18 nitrogen and oxygen atoms in total. The fraction of sp³-hybridized carbons (Fsp3) is 0.353. The van der Waals surface area contributed by atoms with Crippen molar-refractivity contribution in [2.75, 3.05) is 86.9 Å². The number of piperazine rings is 2. The third kappa shape index (κ3) is 11.8. The first-order valence-corrected chi connectivity index (χ1v) is 32.7. The van der Waals surface area contributed by atoms with E-state index in [9.17, 15) is 19.2 Å². The molecule has 0 atom stereocenters. The first-order chi connectivity index (χ1) is 43.6. The van der Waals surface area contributed by atoms with Crippen molar-refractivity contribution in [2.24, 2.45) is 14.1 Å². The number of fused-ring (bicyclic) bond motifs is 6. The van der Waals surface area contributed by atoms with E-state index in [0.717, 1.165) is 137 Å². The van der Waals surface area contributed by atoms with Crippen LogP contribution in [0.15, 0.2) is 117 Å². The van der Waals surface area contributed by atoms with Gasteiger partial charge in [0.05, 0.1) is 47.5 Å². The molecular formula is C68H72F2N14O4S2. The second-order valence-corrected chi connectivity index (χ2v) is 26.2. The second kappa shape index (κ2) is 25.3. The van der Waals surface area contributed by atoms with E-state index in [1.807, 2.05) is 50.5 Å². The number of rotatable bonds is 12. The fourth-order valence-electron chi connectivity index (χ4n) is 13.1. The molecule has 2 aliphatic carbocycles. The van der Waals surface area contributed by atoms with Gasteiger partial charge in [0.25, 0.3) is 22.2 Å². The Bertz CT molecular complexity index is 4340. The molecule has 0 bridgehead atoms. The standard InChI is InChI=1S/2C34H36FN7O2S/c2*1-4-24-26(16-22(35)17-29(24)42-34(44)32-27(19-37-42)25-7-5-6-8-30(25)45-32)21-15-28(33(43)40(3)20-21)38-31-10-9-23(18-36-31)41-13-11-39(2)12-14-41/h2*9-10,15-20H,4-8,11-14H2,1-3H3,(H,36,38). The summed E-state index contributed by atoms with van der Waals surface area (Å²) in [5, 5.41) is 17.3. The van der Waals surface area contributed by atoms with Crippen molar-refractivity contribution in [3.63, 3.8) is 0 Å². The Kier molecular flexibility index (Phi) is 16.9. The van der Waals surface area contributed by atoms with Crippen LogP contribution >= 0.6 is 22.7 Å². The number of aromatic nitrogens is 8. The van der Waals surface area contributed by atoms with Crippen LogP contribution in [0, 0.1) is 11.6 Å². The molecule has 0 amide bonds. The Morgan fingerprint density at radius 2 is 0.889 bits per heavy atom. The maximum atomic E-state index is 15.3. The van der Waals surface area contributed by atoms with Crippen LogP contribution in [0.3, 0.4) is 0 Å². The number of nitrogens with one attached hydrogen (secondary N) is 2. The van der Waals surface area contributed by atoms with Crippen LogP contribution in [0.4, 0.5) is 43.2 Å². The van der Waals surface area contributed by atoms with Crippen molar-refractivity contribution >= 4 is 77.2 Å². The summed E-state index contributed by atoms with van der Waals surface area (Å²) in [4.78, 5) is 74.9. The third-order valence-electron chi connectivity index (χ3n) is 18.1. The number of nitrogens with zero attached hydrogens (tertiary/aromatic N) is 12. The maximum Gasteiger partial charge on any atom is 0.289 e. The third-order valence-corrected chi connectivity index (χ3v) is 20.7. The molecule has 90 heavy (non-hydrogen) atoms. The number of hydrogen-bond donors (Lipinski definition) is 2. The molecule has 14 rings (SSSR count). The summed E-state index contributed by atoms with van der Waals surface area (Å²) in [6.07, 6.45) is 20.0. The van der Waals surface area contributed by atoms with Gasteiger partial charge in [-0.1, -0.05) is 13.8 Å². The van der Waals surface area contributed by atoms with Crippen LogP contribution in [-0.4, -0.2) is 115 Å². The Hall–Kier alpha value is -8.70. The number of pyridine rings is 4. The highest BCUT2D eigenvalue weighted by molar-refractivity contribution is 7.19. The predicted octanol–water partition coefficient (Wildman–Crippen LogP) is 10.6. The average molecular weight is 1250 g/mol. The fourth-order valence-corrected chi connectivity index (χ4v) is 15.7. The summed E-state index contributed by atoms with van der Waals surface area (Å²) < 4.78 is 37.7. The molecule has 2 aliphatic heterocycles. The van der Waals surface area contributed by atoms with Crippen molar-refractivity contribution in [1.29, 1.82) is 0 Å². The molecule has 464 valence electrons. The van der Waals surface area contributed by atoms with Crippen molar-refractivity contribution in [3.05, 3.63) is 183 Å². The number of thiophene rings is 2. The molecule has 2 fully saturated rings. The first-order valence-electron chi connectivity index (χ1n) is 31.1. The highest BCUT2D eigenvalue weighted by atomic mass is 32.1. The van der Waals surface area contributed by atoms with Crippen LogP contribution < -0.4 is 42.7 Å². The Morgan fingerprint density at radius 1 is 0.489 bits per heavy atom. The molecule has 2 aromatic carbocycles. The highest BCUT2D eigenvalue weighted by Crippen LogP contribution is 2.38. The Labute approximate surface area is 527 Å². The lowest BCUT2D eigenvalue weighted by molar-refractivity contribution is 0.313. The second-order valence-electron chi connectivity index (χ2n) is 24.0. The molecule has 4 aliphatic rings. The van der Waals surface area contributed by atoms with Gasteiger partial charge in [0.15, 0.2) is 0 Å². The minimum Gasteiger partial charge on any atom is -0.368 e. The van der Waals surface area contributed by atoms with Gasteiger partial charge in [-0.05, 0) is 160 Å². The molecule has 10 heterocycles. The molecule has 2 saturated heterocycles. The van der Waals surface area contributed by atoms with E-state index in [1.54, 1.807) is 73.7 Å². The summed E-state index contributed by atoms with van der Waals surface area (Å²) in [7, 11) is 7.59. The smallest absolute Gasteiger partial charge is 0.289 e. The molecule has 10 aromatic rings. The van der Waals surface area contributed by atoms with Crippen LogP contribution in [-0.2, 0) is 52.6 Å². The number of halogens is 2. The van der Waals surface area contributed by atoms with Gasteiger partial charge >= 0.3 is 0 Å². The molecule has 2 N–H and O–H groups in total. The minimum absolute atomic E-state index is 0.230. The van der Waals surface area contributed by atoms with Crippen LogP contribution in [0.1, 0.15) is 71.5 Å². The van der Waals surface area contributed by atoms with Crippen molar-refractivity contribution in [2.45, 2.75) is 78.1 Å². The normalized spacial score (nSPS) is 15.4. The van der Waals surface area contributed by atoms with Gasteiger partial charge in [0, 0.05) is 123 Å². The summed E-state index contributed by atoms with van der Waals surface area (Å²) in [6.45, 7) is 11.7. The molecule has 0 unspecified atom stereocenters. The molecule has 22 heteroatoms. The number of hydrogen-bond acceptors (Lipinski definition) is 16. The summed E-state index contributed by atoms with van der Waals surface area (Å²) in [5.74, 6) is 0.114. The summed E-state index contributed by atoms with van der Waals surface area (Å²) >= 11 is 3.09. The lowest BCUT2D eigenvalue weighted by Gasteiger charge is -2.33. The van der Waals surface area contributed by atoms with Crippen LogP contribution in [0.2, 0.25) is 0 Å². The van der Waals surface area contributed by atoms with Gasteiger partial charge in [-0.2, -0.15) is 19.6 Å². The van der Waals surface area contributed by atoms with E-state index < -0.39 is 11.6 Å². The van der Waals surface area contributed by atoms with Crippen molar-refractivity contribution in [1.82, 2.24) is 48.5 Å². The van der Waals surface area contributed by atoms with Crippen LogP contribution in [0.25, 0.3) is 53.8 Å². The minimum atomic E-state index is -0.485. The lowest BCUT2D eigenvalue weighted by atomic mass is 9.96. The van der Waals surface area contributed by atoms with E-state index in [2.05, 4.69) is 64.5 Å². The first kappa shape index (κ1) is 60.2. The molecule has 0 radical (unpaired) electrons. The van der Waals surface area contributed by atoms with Gasteiger partial charge in [0.1, 0.15) is 44.0 Å². The van der Waals surface area contributed by atoms with Gasteiger partial charge in [-0.3, -0.25) is 19.2 Å². The SMILES string of the molecule is CCc1c(-c2cc(Nc3ccc(N4CCN(C)CC4)cn3)c(=O)n(C)c2)cc(F)cc1-n1ncc2c3c(sc2c1=O)CCCC3.CCc1c(-c2cc(Nc3ccc(N4CCN(C)CC4)cn3)c(=O)n(C)c2)cc(F)cc1-n1ncc2c3c(sc2c1=O)CCCC3. The Morgan fingerprint density at radius 3 is 1.27 bits per heavy atom. The number of benzene rings is 2. The van der Waals surface area contributed by atoms with Crippen molar-refractivity contribution in [3.8, 4) is 33.6 Å². The zero-order valence-electron chi connectivity index (χ0n) is 51.5. The number of likely N-dealkylation sites (N-methyl/N-ethyl adjacent to an activating group) is 2. The van der Waals surface area contributed by atoms with Crippen molar-refractivity contribution < 1.29 is 8.78 Å². The topological polar surface area (TPSA) is 177 Å². The van der Waals surface area contributed by atoms with Crippen LogP contribution in [0.5, 0.6) is 0 Å². The number of anilines is 6. The zero-order valence-corrected chi connectivity index (χ0v) is 53.2. The number of aryl methyl sites for hydroxylation is 6. The van der Waals surface area contributed by atoms with E-state index in [4.69, 9.17) is 0 Å². The molecule has 0 saturated carbocycles. The zero-order chi connectivity index (χ0) is 62.5. The van der Waals surface area contributed by atoms with E-state index in [0.29, 0.717) is 78.9 Å². The van der Waals surface area contributed by atoms with Gasteiger partial charge < -0.3 is 39.4 Å². The Balaban J connectivity index is 0.000000165. The van der Waals surface area contributed by atoms with Gasteiger partial charge in [-0.15, -0.1) is 22.7 Å². The largest absolute Gasteiger partial charge is 0.368 e. The van der Waals surface area contributed by atoms with Gasteiger partial charge in [-0.25, -0.2) is 18.7 Å². The van der Waals surface area contributed by atoms with E-state index in [-0.39, 0.29) is 22.2 Å². The quantitative estimate of drug-likeness (QED) is 0.118. The maximum absolute atomic E-state index is 15.3. The predicted molar refractivity (Wildman–Crippen MR) is 358 cm³/mol. The monoisotopic (exact) mass is 1250 g/mol.